The van der Waals surface area contributed by atoms with Crippen molar-refractivity contribution in [2.75, 3.05) is 4.72 Å². The van der Waals surface area contributed by atoms with Gasteiger partial charge in [-0.2, -0.15) is 0 Å². The number of anilines is 1. The summed E-state index contributed by atoms with van der Waals surface area (Å²) in [4.78, 5) is -0.165. The van der Waals surface area contributed by atoms with Crippen molar-refractivity contribution in [1.29, 1.82) is 0 Å². The highest BCUT2D eigenvalue weighted by Gasteiger charge is 2.22. The first-order chi connectivity index (χ1) is 9.33. The summed E-state index contributed by atoms with van der Waals surface area (Å²) in [6, 6.07) is 3.73. The Kier molecular flexibility index (Phi) is 3.78. The quantitative estimate of drug-likeness (QED) is 0.906. The molecule has 0 aliphatic heterocycles. The Hall–Kier alpha value is -1.93. The number of furan rings is 1. The van der Waals surface area contributed by atoms with E-state index in [1.165, 1.54) is 13.0 Å². The van der Waals surface area contributed by atoms with Crippen LogP contribution in [0.2, 0.25) is 0 Å². The summed E-state index contributed by atoms with van der Waals surface area (Å²) in [6.45, 7) is 1.47. The standard InChI is InChI=1S/C12H12F2N2O3S/c1-7-12(5-9(6-15)19-7)20(17,18)16-11-4-8(13)2-3-10(11)14/h2-5,16H,6,15H2,1H3. The van der Waals surface area contributed by atoms with Crippen molar-refractivity contribution >= 4 is 15.7 Å². The molecule has 0 fully saturated rings. The molecular weight excluding hydrogens is 290 g/mol. The van der Waals surface area contributed by atoms with Crippen molar-refractivity contribution < 1.29 is 21.6 Å². The van der Waals surface area contributed by atoms with Crippen LogP contribution < -0.4 is 10.5 Å². The van der Waals surface area contributed by atoms with Gasteiger partial charge in [-0.25, -0.2) is 17.2 Å². The first-order valence-electron chi connectivity index (χ1n) is 5.60. The predicted molar refractivity (Wildman–Crippen MR) is 68.5 cm³/mol. The molecule has 1 aromatic carbocycles. The Morgan fingerprint density at radius 1 is 1.30 bits per heavy atom. The first kappa shape index (κ1) is 14.5. The minimum absolute atomic E-state index is 0.0324. The molecule has 1 aromatic heterocycles. The van der Waals surface area contributed by atoms with E-state index >= 15 is 0 Å². The van der Waals surface area contributed by atoms with Crippen LogP contribution in [0, 0.1) is 18.6 Å². The van der Waals surface area contributed by atoms with Crippen molar-refractivity contribution in [3.8, 4) is 0 Å². The molecule has 0 aliphatic rings. The molecule has 2 aromatic rings. The van der Waals surface area contributed by atoms with Crippen LogP contribution in [-0.2, 0) is 16.6 Å². The Labute approximate surface area is 114 Å². The second-order valence-electron chi connectivity index (χ2n) is 4.07. The van der Waals surface area contributed by atoms with E-state index in [-0.39, 0.29) is 23.0 Å². The molecule has 0 unspecified atom stereocenters. The van der Waals surface area contributed by atoms with Gasteiger partial charge in [0.25, 0.3) is 10.0 Å². The van der Waals surface area contributed by atoms with Gasteiger partial charge in [-0.3, -0.25) is 4.72 Å². The van der Waals surface area contributed by atoms with Crippen molar-refractivity contribution in [3.63, 3.8) is 0 Å². The first-order valence-corrected chi connectivity index (χ1v) is 7.09. The summed E-state index contributed by atoms with van der Waals surface area (Å²) in [5.41, 5.74) is 4.88. The molecule has 0 amide bonds. The topological polar surface area (TPSA) is 85.3 Å². The van der Waals surface area contributed by atoms with Crippen LogP contribution in [0.5, 0.6) is 0 Å². The summed E-state index contributed by atoms with van der Waals surface area (Å²) < 4.78 is 57.8. The van der Waals surface area contributed by atoms with E-state index in [1.54, 1.807) is 0 Å². The highest BCUT2D eigenvalue weighted by molar-refractivity contribution is 7.92. The number of sulfonamides is 1. The average Bonchev–Trinajstić information content (AvgIpc) is 2.76. The van der Waals surface area contributed by atoms with Crippen LogP contribution in [0.3, 0.4) is 0 Å². The number of nitrogens with two attached hydrogens (primary N) is 1. The van der Waals surface area contributed by atoms with Gasteiger partial charge in [0.2, 0.25) is 0 Å². The maximum atomic E-state index is 13.5. The Balaban J connectivity index is 2.40. The van der Waals surface area contributed by atoms with Crippen LogP contribution in [0.1, 0.15) is 11.5 Å². The highest BCUT2D eigenvalue weighted by Crippen LogP contribution is 2.24. The number of halogens is 2. The van der Waals surface area contributed by atoms with E-state index < -0.39 is 27.3 Å². The molecule has 5 nitrogen and oxygen atoms in total. The fourth-order valence-corrected chi connectivity index (χ4v) is 2.93. The Bertz CT molecular complexity index is 741. The average molecular weight is 302 g/mol. The van der Waals surface area contributed by atoms with Gasteiger partial charge in [-0.15, -0.1) is 0 Å². The molecule has 0 atom stereocenters. The third-order valence-electron chi connectivity index (χ3n) is 2.59. The largest absolute Gasteiger partial charge is 0.464 e. The van der Waals surface area contributed by atoms with Crippen molar-refractivity contribution in [3.05, 3.63) is 47.4 Å². The van der Waals surface area contributed by atoms with Crippen LogP contribution in [0.15, 0.2) is 33.6 Å². The predicted octanol–water partition coefficient (Wildman–Crippen LogP) is 2.13. The maximum absolute atomic E-state index is 13.5. The van der Waals surface area contributed by atoms with E-state index in [1.807, 2.05) is 4.72 Å². The van der Waals surface area contributed by atoms with Crippen LogP contribution in [0.25, 0.3) is 0 Å². The normalized spacial score (nSPS) is 11.6. The summed E-state index contributed by atoms with van der Waals surface area (Å²) in [5.74, 6) is -1.23. The Morgan fingerprint density at radius 3 is 2.60 bits per heavy atom. The van der Waals surface area contributed by atoms with Gasteiger partial charge in [-0.05, 0) is 19.1 Å². The molecule has 8 heteroatoms. The van der Waals surface area contributed by atoms with Crippen molar-refractivity contribution in [2.45, 2.75) is 18.4 Å². The smallest absolute Gasteiger partial charge is 0.265 e. The van der Waals surface area contributed by atoms with Gasteiger partial charge in [0.05, 0.1) is 12.2 Å². The van der Waals surface area contributed by atoms with E-state index in [2.05, 4.69) is 0 Å². The number of rotatable bonds is 4. The zero-order chi connectivity index (χ0) is 14.9. The monoisotopic (exact) mass is 302 g/mol. The maximum Gasteiger partial charge on any atom is 0.265 e. The Morgan fingerprint density at radius 2 is 2.00 bits per heavy atom. The lowest BCUT2D eigenvalue weighted by Gasteiger charge is -2.08. The molecule has 0 spiro atoms. The molecule has 2 rings (SSSR count). The third kappa shape index (κ3) is 2.81. The molecule has 0 aliphatic carbocycles. The van der Waals surface area contributed by atoms with E-state index in [0.29, 0.717) is 0 Å². The minimum Gasteiger partial charge on any atom is -0.464 e. The van der Waals surface area contributed by atoms with Gasteiger partial charge >= 0.3 is 0 Å². The zero-order valence-corrected chi connectivity index (χ0v) is 11.3. The lowest BCUT2D eigenvalue weighted by atomic mass is 10.3. The van der Waals surface area contributed by atoms with Gasteiger partial charge in [-0.1, -0.05) is 0 Å². The highest BCUT2D eigenvalue weighted by atomic mass is 32.2. The number of nitrogens with one attached hydrogen (secondary N) is 1. The van der Waals surface area contributed by atoms with Crippen LogP contribution in [-0.4, -0.2) is 8.42 Å². The number of hydrogen-bond acceptors (Lipinski definition) is 4. The molecule has 108 valence electrons. The van der Waals surface area contributed by atoms with Gasteiger partial charge < -0.3 is 10.2 Å². The summed E-state index contributed by atoms with van der Waals surface area (Å²) >= 11 is 0. The molecule has 0 saturated carbocycles. The number of benzene rings is 1. The molecule has 0 bridgehead atoms. The number of aryl methyl sites for hydroxylation is 1. The number of hydrogen-bond donors (Lipinski definition) is 2. The zero-order valence-electron chi connectivity index (χ0n) is 10.5. The lowest BCUT2D eigenvalue weighted by Crippen LogP contribution is -2.14. The molecule has 20 heavy (non-hydrogen) atoms. The summed E-state index contributed by atoms with van der Waals surface area (Å²) in [5, 5.41) is 0. The minimum atomic E-state index is -4.08. The third-order valence-corrected chi connectivity index (χ3v) is 4.06. The molecule has 0 saturated heterocycles. The van der Waals surface area contributed by atoms with Crippen LogP contribution in [0.4, 0.5) is 14.5 Å². The molecule has 0 radical (unpaired) electrons. The van der Waals surface area contributed by atoms with Gasteiger partial charge in [0.1, 0.15) is 28.1 Å². The van der Waals surface area contributed by atoms with E-state index in [4.69, 9.17) is 10.2 Å². The van der Waals surface area contributed by atoms with Crippen molar-refractivity contribution in [1.82, 2.24) is 0 Å². The van der Waals surface area contributed by atoms with Gasteiger partial charge in [0, 0.05) is 12.1 Å². The van der Waals surface area contributed by atoms with E-state index in [0.717, 1.165) is 18.2 Å². The SMILES string of the molecule is Cc1oc(CN)cc1S(=O)(=O)Nc1cc(F)ccc1F. The molecule has 3 N–H and O–H groups in total. The van der Waals surface area contributed by atoms with Gasteiger partial charge in [0.15, 0.2) is 0 Å². The lowest BCUT2D eigenvalue weighted by molar-refractivity contribution is 0.479. The summed E-state index contributed by atoms with van der Waals surface area (Å²) in [7, 11) is -4.08. The summed E-state index contributed by atoms with van der Waals surface area (Å²) in [6.07, 6.45) is 0. The fourth-order valence-electron chi connectivity index (χ4n) is 1.67. The molecule has 1 heterocycles. The second-order valence-corrected chi connectivity index (χ2v) is 5.72. The van der Waals surface area contributed by atoms with Crippen molar-refractivity contribution in [2.24, 2.45) is 5.73 Å². The van der Waals surface area contributed by atoms with E-state index in [9.17, 15) is 17.2 Å². The fraction of sp³-hybridized carbons (Fsp3) is 0.167. The molecular formula is C12H12F2N2O3S. The van der Waals surface area contributed by atoms with Crippen LogP contribution >= 0.6 is 0 Å². The second kappa shape index (κ2) is 5.22.